The van der Waals surface area contributed by atoms with Gasteiger partial charge in [-0.1, -0.05) is 67.4 Å². The molecule has 3 aromatic carbocycles. The van der Waals surface area contributed by atoms with E-state index in [0.717, 1.165) is 28.9 Å². The number of benzene rings is 3. The van der Waals surface area contributed by atoms with Crippen LogP contribution in [0.5, 0.6) is 0 Å². The Bertz CT molecular complexity index is 1080. The molecule has 0 aromatic heterocycles. The number of carbonyl (C=O) groups is 2. The summed E-state index contributed by atoms with van der Waals surface area (Å²) in [6.45, 7) is 2.82. The van der Waals surface area contributed by atoms with Crippen LogP contribution in [0.15, 0.2) is 83.8 Å². The summed E-state index contributed by atoms with van der Waals surface area (Å²) in [5, 5.41) is 3.63. The Morgan fingerprint density at radius 1 is 0.971 bits per heavy atom. The average molecular weight is 513 g/mol. The topological polar surface area (TPSA) is 49.4 Å². The fourth-order valence-corrected chi connectivity index (χ4v) is 4.52. The first-order valence-corrected chi connectivity index (χ1v) is 13.1. The van der Waals surface area contributed by atoms with Gasteiger partial charge in [0.05, 0.1) is 5.75 Å². The van der Waals surface area contributed by atoms with Crippen molar-refractivity contribution in [1.29, 1.82) is 0 Å². The van der Waals surface area contributed by atoms with Crippen molar-refractivity contribution in [3.63, 3.8) is 0 Å². The van der Waals surface area contributed by atoms with Gasteiger partial charge in [0, 0.05) is 29.4 Å². The van der Waals surface area contributed by atoms with E-state index in [0.29, 0.717) is 18.0 Å². The molecule has 0 saturated carbocycles. The van der Waals surface area contributed by atoms with Crippen molar-refractivity contribution < 1.29 is 14.0 Å². The van der Waals surface area contributed by atoms with Gasteiger partial charge in [-0.05, 0) is 53.9 Å². The highest BCUT2D eigenvalue weighted by Gasteiger charge is 2.30. The van der Waals surface area contributed by atoms with Crippen molar-refractivity contribution in [2.24, 2.45) is 0 Å². The lowest BCUT2D eigenvalue weighted by Crippen LogP contribution is -2.51. The number of nitrogens with zero attached hydrogens (tertiary/aromatic N) is 1. The van der Waals surface area contributed by atoms with E-state index in [-0.39, 0.29) is 29.9 Å². The van der Waals surface area contributed by atoms with Gasteiger partial charge in [-0.25, -0.2) is 4.39 Å². The van der Waals surface area contributed by atoms with Crippen LogP contribution in [0.1, 0.15) is 30.9 Å². The molecule has 0 fully saturated rings. The van der Waals surface area contributed by atoms with Gasteiger partial charge in [-0.15, -0.1) is 11.8 Å². The van der Waals surface area contributed by atoms with E-state index in [1.807, 2.05) is 42.5 Å². The fraction of sp³-hybridized carbons (Fsp3) is 0.286. The van der Waals surface area contributed by atoms with E-state index in [1.165, 1.54) is 23.9 Å². The standard InChI is InChI=1S/C28H30ClFN2O2S/c1-2-3-17-31-28(34)26(18-21-7-5-4-6-8-21)32(19-22-9-13-24(30)14-10-22)27(33)20-35-25-15-11-23(29)12-16-25/h4-16,26H,2-3,17-20H2,1H3,(H,31,34)/t26-/m0/s1. The molecule has 1 N–H and O–H groups in total. The molecule has 0 radical (unpaired) electrons. The Kier molecular flexibility index (Phi) is 10.6. The molecular weight excluding hydrogens is 483 g/mol. The molecule has 35 heavy (non-hydrogen) atoms. The Morgan fingerprint density at radius 3 is 2.31 bits per heavy atom. The number of amides is 2. The summed E-state index contributed by atoms with van der Waals surface area (Å²) < 4.78 is 13.5. The summed E-state index contributed by atoms with van der Waals surface area (Å²) in [7, 11) is 0. The molecule has 3 rings (SSSR count). The van der Waals surface area contributed by atoms with Crippen LogP contribution < -0.4 is 5.32 Å². The summed E-state index contributed by atoms with van der Waals surface area (Å²) in [6.07, 6.45) is 2.21. The third-order valence-corrected chi connectivity index (χ3v) is 6.79. The predicted molar refractivity (Wildman–Crippen MR) is 141 cm³/mol. The smallest absolute Gasteiger partial charge is 0.243 e. The SMILES string of the molecule is CCCCNC(=O)[C@H](Cc1ccccc1)N(Cc1ccc(F)cc1)C(=O)CSc1ccc(Cl)cc1. The average Bonchev–Trinajstić information content (AvgIpc) is 2.87. The number of unbranched alkanes of at least 4 members (excludes halogenated alkanes) is 1. The molecule has 1 atom stereocenters. The number of hydrogen-bond acceptors (Lipinski definition) is 3. The molecule has 0 aliphatic rings. The van der Waals surface area contributed by atoms with E-state index >= 15 is 0 Å². The van der Waals surface area contributed by atoms with E-state index in [9.17, 15) is 14.0 Å². The molecular formula is C28H30ClFN2O2S. The van der Waals surface area contributed by atoms with E-state index in [2.05, 4.69) is 12.2 Å². The van der Waals surface area contributed by atoms with Gasteiger partial charge in [0.2, 0.25) is 11.8 Å². The minimum atomic E-state index is -0.697. The molecule has 0 unspecified atom stereocenters. The first-order valence-electron chi connectivity index (χ1n) is 11.7. The molecule has 0 heterocycles. The van der Waals surface area contributed by atoms with Crippen molar-refractivity contribution in [3.8, 4) is 0 Å². The molecule has 3 aromatic rings. The molecule has 7 heteroatoms. The van der Waals surface area contributed by atoms with Gasteiger partial charge in [-0.3, -0.25) is 9.59 Å². The van der Waals surface area contributed by atoms with Crippen LogP contribution in [-0.4, -0.2) is 35.1 Å². The lowest BCUT2D eigenvalue weighted by Gasteiger charge is -2.31. The van der Waals surface area contributed by atoms with Gasteiger partial charge < -0.3 is 10.2 Å². The Morgan fingerprint density at radius 2 is 1.66 bits per heavy atom. The van der Waals surface area contributed by atoms with Crippen LogP contribution in [0.2, 0.25) is 5.02 Å². The van der Waals surface area contributed by atoms with Crippen LogP contribution in [0.3, 0.4) is 0 Å². The Hall–Kier alpha value is -2.83. The molecule has 0 spiro atoms. The first kappa shape index (κ1) is 26.8. The summed E-state index contributed by atoms with van der Waals surface area (Å²) in [6, 6.07) is 22.3. The van der Waals surface area contributed by atoms with Gasteiger partial charge in [0.15, 0.2) is 0 Å². The van der Waals surface area contributed by atoms with Crippen LogP contribution in [-0.2, 0) is 22.6 Å². The van der Waals surface area contributed by atoms with Crippen molar-refractivity contribution >= 4 is 35.2 Å². The largest absolute Gasteiger partial charge is 0.354 e. The number of hydrogen-bond donors (Lipinski definition) is 1. The molecule has 0 aliphatic heterocycles. The van der Waals surface area contributed by atoms with Crippen molar-refractivity contribution in [2.45, 2.75) is 43.7 Å². The van der Waals surface area contributed by atoms with Crippen LogP contribution >= 0.6 is 23.4 Å². The molecule has 0 saturated heterocycles. The zero-order valence-electron chi connectivity index (χ0n) is 19.8. The number of rotatable bonds is 12. The second-order valence-electron chi connectivity index (χ2n) is 8.24. The molecule has 4 nitrogen and oxygen atoms in total. The van der Waals surface area contributed by atoms with Gasteiger partial charge in [-0.2, -0.15) is 0 Å². The van der Waals surface area contributed by atoms with Gasteiger partial charge in [0.25, 0.3) is 0 Å². The predicted octanol–water partition coefficient (Wildman–Crippen LogP) is 6.13. The van der Waals surface area contributed by atoms with Crippen molar-refractivity contribution in [1.82, 2.24) is 10.2 Å². The molecule has 2 amide bonds. The van der Waals surface area contributed by atoms with E-state index in [1.54, 1.807) is 29.2 Å². The van der Waals surface area contributed by atoms with E-state index < -0.39 is 6.04 Å². The number of nitrogens with one attached hydrogen (secondary N) is 1. The summed E-state index contributed by atoms with van der Waals surface area (Å²) in [5.41, 5.74) is 1.72. The van der Waals surface area contributed by atoms with Crippen molar-refractivity contribution in [3.05, 3.63) is 101 Å². The number of thioether (sulfide) groups is 1. The normalized spacial score (nSPS) is 11.6. The maximum atomic E-state index is 13.5. The summed E-state index contributed by atoms with van der Waals surface area (Å²) in [4.78, 5) is 29.4. The minimum Gasteiger partial charge on any atom is -0.354 e. The van der Waals surface area contributed by atoms with Crippen LogP contribution in [0, 0.1) is 5.82 Å². The first-order chi connectivity index (χ1) is 17.0. The van der Waals surface area contributed by atoms with Crippen molar-refractivity contribution in [2.75, 3.05) is 12.3 Å². The highest BCUT2D eigenvalue weighted by molar-refractivity contribution is 8.00. The lowest BCUT2D eigenvalue weighted by molar-refractivity contribution is -0.139. The van der Waals surface area contributed by atoms with Gasteiger partial charge in [0.1, 0.15) is 11.9 Å². The van der Waals surface area contributed by atoms with Gasteiger partial charge >= 0.3 is 0 Å². The number of carbonyl (C=O) groups excluding carboxylic acids is 2. The molecule has 184 valence electrons. The summed E-state index contributed by atoms with van der Waals surface area (Å²) >= 11 is 7.37. The monoisotopic (exact) mass is 512 g/mol. The van der Waals surface area contributed by atoms with Crippen LogP contribution in [0.4, 0.5) is 4.39 Å². The number of halogens is 2. The zero-order chi connectivity index (χ0) is 25.0. The highest BCUT2D eigenvalue weighted by atomic mass is 35.5. The Balaban J connectivity index is 1.86. The quantitative estimate of drug-likeness (QED) is 0.235. The molecule has 0 aliphatic carbocycles. The lowest BCUT2D eigenvalue weighted by atomic mass is 10.0. The summed E-state index contributed by atoms with van der Waals surface area (Å²) in [5.74, 6) is -0.533. The minimum absolute atomic E-state index is 0.163. The maximum absolute atomic E-state index is 13.5. The van der Waals surface area contributed by atoms with Crippen LogP contribution in [0.25, 0.3) is 0 Å². The highest BCUT2D eigenvalue weighted by Crippen LogP contribution is 2.23. The third kappa shape index (κ3) is 8.71. The molecule has 0 bridgehead atoms. The second-order valence-corrected chi connectivity index (χ2v) is 9.73. The Labute approximate surface area is 215 Å². The second kappa shape index (κ2) is 13.9. The zero-order valence-corrected chi connectivity index (χ0v) is 21.3. The maximum Gasteiger partial charge on any atom is 0.243 e. The van der Waals surface area contributed by atoms with E-state index in [4.69, 9.17) is 11.6 Å². The third-order valence-electron chi connectivity index (χ3n) is 5.54. The fourth-order valence-electron chi connectivity index (χ4n) is 3.61.